The smallest absolute Gasteiger partial charge is 0.433 e. The van der Waals surface area contributed by atoms with Crippen LogP contribution in [0.3, 0.4) is 0 Å². The number of rotatable bonds is 4. The van der Waals surface area contributed by atoms with E-state index >= 15 is 0 Å². The highest BCUT2D eigenvalue weighted by atomic mass is 32.2. The lowest BCUT2D eigenvalue weighted by atomic mass is 10.2. The lowest BCUT2D eigenvalue weighted by Gasteiger charge is -2.17. The van der Waals surface area contributed by atoms with Gasteiger partial charge in [0.15, 0.2) is 0 Å². The molecule has 9 heteroatoms. The van der Waals surface area contributed by atoms with Crippen molar-refractivity contribution < 1.29 is 26.9 Å². The Labute approximate surface area is 151 Å². The molecule has 0 spiro atoms. The Hall–Kier alpha value is -2.13. The SMILES string of the molecule is CC(C)(C)[S+]([O-])N=Cc1cc(Oc2ccc(C(F)(F)F)nc2)ccc1F. The fourth-order valence-electron chi connectivity index (χ4n) is 1.69. The Kier molecular flexibility index (Phi) is 5.92. The molecule has 4 nitrogen and oxygen atoms in total. The van der Waals surface area contributed by atoms with Crippen molar-refractivity contribution in [1.29, 1.82) is 0 Å². The van der Waals surface area contributed by atoms with Crippen LogP contribution in [0.5, 0.6) is 11.5 Å². The molecular formula is C17H16F4N2O2S. The van der Waals surface area contributed by atoms with Gasteiger partial charge in [-0.3, -0.25) is 0 Å². The number of aromatic nitrogens is 1. The lowest BCUT2D eigenvalue weighted by Crippen LogP contribution is -2.25. The van der Waals surface area contributed by atoms with Gasteiger partial charge in [0.05, 0.1) is 12.4 Å². The highest BCUT2D eigenvalue weighted by Crippen LogP contribution is 2.29. The van der Waals surface area contributed by atoms with Crippen molar-refractivity contribution in [1.82, 2.24) is 4.98 Å². The van der Waals surface area contributed by atoms with Crippen LogP contribution < -0.4 is 4.74 Å². The topological polar surface area (TPSA) is 57.5 Å². The number of alkyl halides is 3. The minimum Gasteiger partial charge on any atom is -0.591 e. The van der Waals surface area contributed by atoms with Gasteiger partial charge < -0.3 is 9.29 Å². The number of ether oxygens (including phenoxy) is 1. The average Bonchev–Trinajstić information content (AvgIpc) is 2.53. The summed E-state index contributed by atoms with van der Waals surface area (Å²) in [5.41, 5.74) is -0.999. The van der Waals surface area contributed by atoms with E-state index < -0.39 is 33.8 Å². The molecule has 1 aromatic carbocycles. The number of nitrogens with zero attached hydrogens (tertiary/aromatic N) is 2. The van der Waals surface area contributed by atoms with Gasteiger partial charge in [-0.1, -0.05) is 4.40 Å². The fraction of sp³-hybridized carbons (Fsp3) is 0.294. The van der Waals surface area contributed by atoms with Gasteiger partial charge in [0.2, 0.25) is 0 Å². The number of hydrogen-bond acceptors (Lipinski definition) is 4. The highest BCUT2D eigenvalue weighted by Gasteiger charge is 2.32. The molecule has 0 aliphatic carbocycles. The second-order valence-corrected chi connectivity index (χ2v) is 8.19. The zero-order valence-corrected chi connectivity index (χ0v) is 15.0. The van der Waals surface area contributed by atoms with Gasteiger partial charge >= 0.3 is 6.18 Å². The third-order valence-electron chi connectivity index (χ3n) is 3.04. The van der Waals surface area contributed by atoms with Gasteiger partial charge in [0.1, 0.15) is 39.1 Å². The molecule has 0 saturated carbocycles. The van der Waals surface area contributed by atoms with E-state index in [1.165, 1.54) is 12.1 Å². The average molecular weight is 388 g/mol. The molecule has 0 saturated heterocycles. The Balaban J connectivity index is 2.18. The number of pyridine rings is 1. The fourth-order valence-corrected chi connectivity index (χ4v) is 2.22. The van der Waals surface area contributed by atoms with E-state index in [1.54, 1.807) is 20.8 Å². The molecule has 0 bridgehead atoms. The maximum absolute atomic E-state index is 13.9. The monoisotopic (exact) mass is 388 g/mol. The van der Waals surface area contributed by atoms with E-state index in [1.807, 2.05) is 0 Å². The van der Waals surface area contributed by atoms with E-state index in [0.717, 1.165) is 30.6 Å². The Morgan fingerprint density at radius 2 is 1.77 bits per heavy atom. The zero-order valence-electron chi connectivity index (χ0n) is 14.2. The van der Waals surface area contributed by atoms with Crippen molar-refractivity contribution in [3.05, 3.63) is 53.6 Å². The summed E-state index contributed by atoms with van der Waals surface area (Å²) < 4.78 is 71.9. The third kappa shape index (κ3) is 5.43. The summed E-state index contributed by atoms with van der Waals surface area (Å²) in [4.78, 5) is 3.28. The predicted octanol–water partition coefficient (Wildman–Crippen LogP) is 4.91. The van der Waals surface area contributed by atoms with E-state index in [9.17, 15) is 22.1 Å². The number of hydrogen-bond donors (Lipinski definition) is 0. The second-order valence-electron chi connectivity index (χ2n) is 6.26. The molecule has 2 aromatic rings. The first kappa shape index (κ1) is 20.2. The van der Waals surface area contributed by atoms with Crippen LogP contribution in [0, 0.1) is 5.82 Å². The minimum atomic E-state index is -4.54. The number of halogens is 4. The van der Waals surface area contributed by atoms with Crippen molar-refractivity contribution in [2.24, 2.45) is 4.40 Å². The van der Waals surface area contributed by atoms with Crippen LogP contribution in [0.1, 0.15) is 32.0 Å². The van der Waals surface area contributed by atoms with Gasteiger partial charge in [-0.15, -0.1) is 0 Å². The standard InChI is InChI=1S/C17H16F4N2O2S/c1-16(2,3)26(24)23-9-11-8-12(4-6-14(11)18)25-13-5-7-15(22-10-13)17(19,20)21/h4-10H,1-3H3. The van der Waals surface area contributed by atoms with Crippen LogP contribution in [0.4, 0.5) is 17.6 Å². The maximum atomic E-state index is 13.9. The Bertz CT molecular complexity index is 787. The summed E-state index contributed by atoms with van der Waals surface area (Å²) in [7, 11) is 0. The Morgan fingerprint density at radius 1 is 1.12 bits per heavy atom. The van der Waals surface area contributed by atoms with Crippen molar-refractivity contribution >= 4 is 17.6 Å². The van der Waals surface area contributed by atoms with E-state index in [4.69, 9.17) is 4.74 Å². The quantitative estimate of drug-likeness (QED) is 0.425. The molecule has 0 aliphatic rings. The molecule has 26 heavy (non-hydrogen) atoms. The summed E-state index contributed by atoms with van der Waals surface area (Å²) in [6.45, 7) is 5.19. The second kappa shape index (κ2) is 7.63. The van der Waals surface area contributed by atoms with Crippen molar-refractivity contribution in [2.75, 3.05) is 0 Å². The van der Waals surface area contributed by atoms with Crippen LogP contribution in [0.2, 0.25) is 0 Å². The minimum absolute atomic E-state index is 0.0416. The van der Waals surface area contributed by atoms with E-state index in [0.29, 0.717) is 0 Å². The first-order chi connectivity index (χ1) is 12.0. The molecule has 1 aromatic heterocycles. The molecular weight excluding hydrogens is 372 g/mol. The molecule has 2 rings (SSSR count). The number of benzene rings is 1. The van der Waals surface area contributed by atoms with Crippen molar-refractivity contribution in [2.45, 2.75) is 31.7 Å². The van der Waals surface area contributed by atoms with Gasteiger partial charge in [0.25, 0.3) is 0 Å². The first-order valence-electron chi connectivity index (χ1n) is 7.43. The highest BCUT2D eigenvalue weighted by molar-refractivity contribution is 7.91. The summed E-state index contributed by atoms with van der Waals surface area (Å²) in [5.74, 6) is -0.362. The largest absolute Gasteiger partial charge is 0.591 e. The molecule has 140 valence electrons. The Morgan fingerprint density at radius 3 is 2.31 bits per heavy atom. The molecule has 0 radical (unpaired) electrons. The molecule has 0 N–H and O–H groups in total. The van der Waals surface area contributed by atoms with Crippen LogP contribution in [-0.4, -0.2) is 20.5 Å². The molecule has 1 unspecified atom stereocenters. The van der Waals surface area contributed by atoms with Crippen LogP contribution >= 0.6 is 0 Å². The summed E-state index contributed by atoms with van der Waals surface area (Å²) >= 11 is -1.56. The predicted molar refractivity (Wildman–Crippen MR) is 91.2 cm³/mol. The molecule has 0 fully saturated rings. The third-order valence-corrected chi connectivity index (χ3v) is 4.39. The zero-order chi connectivity index (χ0) is 19.5. The van der Waals surface area contributed by atoms with E-state index in [2.05, 4.69) is 9.38 Å². The summed E-state index contributed by atoms with van der Waals surface area (Å²) in [5, 5.41) is 0. The summed E-state index contributed by atoms with van der Waals surface area (Å²) in [6.07, 6.45) is -2.48. The maximum Gasteiger partial charge on any atom is 0.433 e. The molecule has 0 amide bonds. The normalized spacial score (nSPS) is 13.8. The molecule has 1 atom stereocenters. The van der Waals surface area contributed by atoms with Gasteiger partial charge in [0, 0.05) is 5.56 Å². The van der Waals surface area contributed by atoms with Gasteiger partial charge in [-0.25, -0.2) is 9.37 Å². The lowest BCUT2D eigenvalue weighted by molar-refractivity contribution is -0.141. The van der Waals surface area contributed by atoms with E-state index in [-0.39, 0.29) is 17.1 Å². The van der Waals surface area contributed by atoms with Crippen molar-refractivity contribution in [3.8, 4) is 11.5 Å². The van der Waals surface area contributed by atoms with Gasteiger partial charge in [-0.2, -0.15) is 13.2 Å². The van der Waals surface area contributed by atoms with Crippen molar-refractivity contribution in [3.63, 3.8) is 0 Å². The molecule has 1 heterocycles. The van der Waals surface area contributed by atoms with Gasteiger partial charge in [-0.05, 0) is 51.1 Å². The van der Waals surface area contributed by atoms with Crippen LogP contribution in [0.25, 0.3) is 0 Å². The van der Waals surface area contributed by atoms with Crippen LogP contribution in [0.15, 0.2) is 40.9 Å². The summed E-state index contributed by atoms with van der Waals surface area (Å²) in [6, 6.07) is 5.63. The van der Waals surface area contributed by atoms with Crippen LogP contribution in [-0.2, 0) is 17.5 Å². The first-order valence-corrected chi connectivity index (χ1v) is 8.54. The molecule has 0 aliphatic heterocycles.